The van der Waals surface area contributed by atoms with Gasteiger partial charge in [-0.3, -0.25) is 9.59 Å². The Morgan fingerprint density at radius 1 is 1.23 bits per heavy atom. The van der Waals surface area contributed by atoms with E-state index in [9.17, 15) is 14.4 Å². The summed E-state index contributed by atoms with van der Waals surface area (Å²) in [6, 6.07) is 4.32. The molecule has 0 atom stereocenters. The molecule has 0 aromatic heterocycles. The third-order valence-corrected chi connectivity index (χ3v) is 2.82. The van der Waals surface area contributed by atoms with Crippen molar-refractivity contribution in [3.8, 4) is 0 Å². The quantitative estimate of drug-likeness (QED) is 0.505. The van der Waals surface area contributed by atoms with Crippen LogP contribution in [0.25, 0.3) is 0 Å². The molecular weight excluding hydrogens is 310 g/mol. The van der Waals surface area contributed by atoms with E-state index < -0.39 is 18.5 Å². The van der Waals surface area contributed by atoms with Gasteiger partial charge < -0.3 is 21.1 Å². The zero-order valence-corrected chi connectivity index (χ0v) is 12.9. The highest BCUT2D eigenvalue weighted by atomic mass is 35.5. The van der Waals surface area contributed by atoms with Crippen LogP contribution in [-0.4, -0.2) is 37.5 Å². The Morgan fingerprint density at radius 3 is 2.59 bits per heavy atom. The van der Waals surface area contributed by atoms with Gasteiger partial charge in [0.15, 0.2) is 6.61 Å². The van der Waals surface area contributed by atoms with Gasteiger partial charge >= 0.3 is 5.97 Å². The molecule has 0 spiro atoms. The lowest BCUT2D eigenvalue weighted by atomic mass is 10.2. The SMILES string of the molecule is CCCNC(=O)CNC(=O)COC(=O)c1ccc(Cl)cc1N. The van der Waals surface area contributed by atoms with Crippen molar-refractivity contribution in [2.45, 2.75) is 13.3 Å². The highest BCUT2D eigenvalue weighted by Crippen LogP contribution is 2.18. The molecule has 0 saturated heterocycles. The Hall–Kier alpha value is -2.28. The number of rotatable bonds is 7. The first-order valence-corrected chi connectivity index (χ1v) is 7.07. The molecule has 2 amide bonds. The molecule has 1 aromatic rings. The smallest absolute Gasteiger partial charge is 0.340 e. The van der Waals surface area contributed by atoms with Crippen LogP contribution >= 0.6 is 11.6 Å². The Balaban J connectivity index is 2.37. The Morgan fingerprint density at radius 2 is 1.95 bits per heavy atom. The average Bonchev–Trinajstić information content (AvgIpc) is 2.48. The Kier molecular flexibility index (Phi) is 7.18. The van der Waals surface area contributed by atoms with Crippen molar-refractivity contribution in [1.29, 1.82) is 0 Å². The minimum absolute atomic E-state index is 0.123. The molecular formula is C14H18ClN3O4. The number of hydrogen-bond donors (Lipinski definition) is 3. The van der Waals surface area contributed by atoms with E-state index in [-0.39, 0.29) is 23.7 Å². The molecule has 0 unspecified atom stereocenters. The van der Waals surface area contributed by atoms with Crippen LogP contribution in [0.1, 0.15) is 23.7 Å². The Bertz CT molecular complexity index is 563. The third kappa shape index (κ3) is 6.01. The molecule has 7 nitrogen and oxygen atoms in total. The number of nitrogens with one attached hydrogen (secondary N) is 2. The first kappa shape index (κ1) is 17.8. The molecule has 0 heterocycles. The van der Waals surface area contributed by atoms with Crippen LogP contribution in [0.5, 0.6) is 0 Å². The molecule has 0 bridgehead atoms. The molecule has 22 heavy (non-hydrogen) atoms. The van der Waals surface area contributed by atoms with Gasteiger partial charge in [0.2, 0.25) is 5.91 Å². The van der Waals surface area contributed by atoms with Gasteiger partial charge in [-0.25, -0.2) is 4.79 Å². The second-order valence-corrected chi connectivity index (χ2v) is 4.87. The second-order valence-electron chi connectivity index (χ2n) is 4.43. The van der Waals surface area contributed by atoms with E-state index in [1.165, 1.54) is 18.2 Å². The minimum atomic E-state index is -0.736. The number of anilines is 1. The fourth-order valence-corrected chi connectivity index (χ4v) is 1.67. The van der Waals surface area contributed by atoms with Gasteiger partial charge in [0.05, 0.1) is 12.1 Å². The van der Waals surface area contributed by atoms with Crippen LogP contribution in [0.2, 0.25) is 5.02 Å². The van der Waals surface area contributed by atoms with Gasteiger partial charge in [-0.2, -0.15) is 0 Å². The molecule has 0 aliphatic carbocycles. The summed E-state index contributed by atoms with van der Waals surface area (Å²) in [6.07, 6.45) is 0.805. The van der Waals surface area contributed by atoms with Crippen molar-refractivity contribution in [3.05, 3.63) is 28.8 Å². The molecule has 0 aliphatic rings. The molecule has 0 fully saturated rings. The number of ether oxygens (including phenoxy) is 1. The van der Waals surface area contributed by atoms with Crippen LogP contribution in [0.15, 0.2) is 18.2 Å². The standard InChI is InChI=1S/C14H18ClN3O4/c1-2-5-17-12(19)7-18-13(20)8-22-14(21)10-4-3-9(15)6-11(10)16/h3-4,6H,2,5,7-8,16H2,1H3,(H,17,19)(H,18,20). The number of nitrogens with two attached hydrogens (primary N) is 1. The van der Waals surface area contributed by atoms with Crippen molar-refractivity contribution in [3.63, 3.8) is 0 Å². The molecule has 0 aliphatic heterocycles. The number of hydrogen-bond acceptors (Lipinski definition) is 5. The van der Waals surface area contributed by atoms with Gasteiger partial charge in [-0.15, -0.1) is 0 Å². The predicted octanol–water partition coefficient (Wildman–Crippen LogP) is 0.721. The van der Waals surface area contributed by atoms with Gasteiger partial charge in [-0.1, -0.05) is 18.5 Å². The van der Waals surface area contributed by atoms with Gasteiger partial charge in [0.25, 0.3) is 5.91 Å². The molecule has 4 N–H and O–H groups in total. The fraction of sp³-hybridized carbons (Fsp3) is 0.357. The summed E-state index contributed by atoms with van der Waals surface area (Å²) in [5, 5.41) is 5.34. The maximum atomic E-state index is 11.8. The van der Waals surface area contributed by atoms with Crippen molar-refractivity contribution in [2.75, 3.05) is 25.4 Å². The summed E-state index contributed by atoms with van der Waals surface area (Å²) in [6.45, 7) is 1.79. The van der Waals surface area contributed by atoms with E-state index >= 15 is 0 Å². The number of amides is 2. The first-order chi connectivity index (χ1) is 10.4. The minimum Gasteiger partial charge on any atom is -0.452 e. The summed E-state index contributed by atoms with van der Waals surface area (Å²) in [5.41, 5.74) is 5.92. The zero-order valence-electron chi connectivity index (χ0n) is 12.1. The highest BCUT2D eigenvalue weighted by molar-refractivity contribution is 6.31. The van der Waals surface area contributed by atoms with Crippen molar-refractivity contribution >= 4 is 35.1 Å². The molecule has 1 rings (SSSR count). The lowest BCUT2D eigenvalue weighted by Gasteiger charge is -2.08. The molecule has 8 heteroatoms. The average molecular weight is 328 g/mol. The van der Waals surface area contributed by atoms with Crippen LogP contribution in [0.3, 0.4) is 0 Å². The number of esters is 1. The molecule has 1 aromatic carbocycles. The number of nitrogen functional groups attached to an aromatic ring is 1. The van der Waals surface area contributed by atoms with Gasteiger partial charge in [0.1, 0.15) is 0 Å². The van der Waals surface area contributed by atoms with Crippen molar-refractivity contribution in [1.82, 2.24) is 10.6 Å². The zero-order chi connectivity index (χ0) is 16.5. The highest BCUT2D eigenvalue weighted by Gasteiger charge is 2.13. The van der Waals surface area contributed by atoms with E-state index in [4.69, 9.17) is 22.1 Å². The molecule has 0 saturated carbocycles. The normalized spacial score (nSPS) is 9.91. The van der Waals surface area contributed by atoms with Crippen LogP contribution in [0, 0.1) is 0 Å². The van der Waals surface area contributed by atoms with Gasteiger partial charge in [-0.05, 0) is 24.6 Å². The summed E-state index contributed by atoms with van der Waals surface area (Å²) in [5.74, 6) is -1.62. The number of carbonyl (C=O) groups excluding carboxylic acids is 3. The van der Waals surface area contributed by atoms with Crippen LogP contribution in [0.4, 0.5) is 5.69 Å². The van der Waals surface area contributed by atoms with Crippen molar-refractivity contribution in [2.24, 2.45) is 0 Å². The lowest BCUT2D eigenvalue weighted by Crippen LogP contribution is -2.38. The summed E-state index contributed by atoms with van der Waals surface area (Å²) in [4.78, 5) is 34.5. The first-order valence-electron chi connectivity index (χ1n) is 6.69. The van der Waals surface area contributed by atoms with Crippen molar-refractivity contribution < 1.29 is 19.1 Å². The topological polar surface area (TPSA) is 111 Å². The third-order valence-electron chi connectivity index (χ3n) is 2.59. The Labute approximate surface area is 133 Å². The largest absolute Gasteiger partial charge is 0.452 e. The van der Waals surface area contributed by atoms with E-state index in [2.05, 4.69) is 10.6 Å². The number of halogens is 1. The van der Waals surface area contributed by atoms with Crippen LogP contribution in [-0.2, 0) is 14.3 Å². The van der Waals surface area contributed by atoms with E-state index in [0.29, 0.717) is 11.6 Å². The summed E-state index contributed by atoms with van der Waals surface area (Å²) >= 11 is 5.72. The van der Waals surface area contributed by atoms with E-state index in [1.807, 2.05) is 6.92 Å². The maximum Gasteiger partial charge on any atom is 0.340 e. The summed E-state index contributed by atoms with van der Waals surface area (Å²) < 4.78 is 4.82. The summed E-state index contributed by atoms with van der Waals surface area (Å²) in [7, 11) is 0. The number of benzene rings is 1. The monoisotopic (exact) mass is 327 g/mol. The van der Waals surface area contributed by atoms with Crippen LogP contribution < -0.4 is 16.4 Å². The second kappa shape index (κ2) is 8.89. The van der Waals surface area contributed by atoms with E-state index in [0.717, 1.165) is 6.42 Å². The maximum absolute atomic E-state index is 11.8. The fourth-order valence-electron chi connectivity index (χ4n) is 1.49. The molecule has 120 valence electrons. The van der Waals surface area contributed by atoms with Gasteiger partial charge in [0, 0.05) is 17.3 Å². The predicted molar refractivity (Wildman–Crippen MR) is 82.5 cm³/mol. The molecule has 0 radical (unpaired) electrons. The van der Waals surface area contributed by atoms with E-state index in [1.54, 1.807) is 0 Å². The lowest BCUT2D eigenvalue weighted by molar-refractivity contribution is -0.127. The number of carbonyl (C=O) groups is 3.